The first kappa shape index (κ1) is 31.1. The molecule has 0 fully saturated rings. The summed E-state index contributed by atoms with van der Waals surface area (Å²) in [5.74, 6) is -1.02. The van der Waals surface area contributed by atoms with E-state index in [4.69, 9.17) is 21.1 Å². The highest BCUT2D eigenvalue weighted by Gasteiger charge is 2.34. The Kier molecular flexibility index (Phi) is 9.32. The van der Waals surface area contributed by atoms with E-state index in [-0.39, 0.29) is 29.5 Å². The molecule has 3 aromatic carbocycles. The van der Waals surface area contributed by atoms with Crippen LogP contribution in [0.5, 0.6) is 11.5 Å². The molecule has 0 bridgehead atoms. The molecule has 0 spiro atoms. The van der Waals surface area contributed by atoms with Crippen LogP contribution in [0, 0.1) is 5.82 Å². The molecule has 1 heterocycles. The normalized spacial score (nSPS) is 13.7. The molecule has 0 saturated heterocycles. The van der Waals surface area contributed by atoms with Gasteiger partial charge in [-0.3, -0.25) is 13.9 Å². The molecule has 3 aromatic rings. The molecular weight excluding hydrogens is 585 g/mol. The summed E-state index contributed by atoms with van der Waals surface area (Å²) in [6.07, 6.45) is 0. The van der Waals surface area contributed by atoms with Gasteiger partial charge in [-0.25, -0.2) is 12.8 Å². The third-order valence-electron chi connectivity index (χ3n) is 6.46. The summed E-state index contributed by atoms with van der Waals surface area (Å²) in [7, 11) is -4.38. The molecule has 224 valence electrons. The summed E-state index contributed by atoms with van der Waals surface area (Å²) < 4.78 is 53.8. The summed E-state index contributed by atoms with van der Waals surface area (Å²) in [6, 6.07) is 14.8. The molecule has 0 aromatic heterocycles. The second-order valence-corrected chi connectivity index (χ2v) is 13.1. The van der Waals surface area contributed by atoms with Crippen LogP contribution in [0.1, 0.15) is 33.3 Å². The Labute approximate surface area is 250 Å². The lowest BCUT2D eigenvalue weighted by Gasteiger charge is -2.33. The smallest absolute Gasteiger partial charge is 0.264 e. The van der Waals surface area contributed by atoms with Crippen molar-refractivity contribution in [2.24, 2.45) is 0 Å². The lowest BCUT2D eigenvalue weighted by molar-refractivity contribution is -0.140. The van der Waals surface area contributed by atoms with E-state index in [1.165, 1.54) is 35.2 Å². The van der Waals surface area contributed by atoms with Gasteiger partial charge in [0.05, 0.1) is 10.6 Å². The summed E-state index contributed by atoms with van der Waals surface area (Å²) in [6.45, 7) is 6.85. The van der Waals surface area contributed by atoms with Crippen LogP contribution >= 0.6 is 11.6 Å². The van der Waals surface area contributed by atoms with Gasteiger partial charge in [0.25, 0.3) is 10.0 Å². The third kappa shape index (κ3) is 7.32. The van der Waals surface area contributed by atoms with Crippen molar-refractivity contribution in [2.45, 2.75) is 50.7 Å². The topological polar surface area (TPSA) is 105 Å². The largest absolute Gasteiger partial charge is 0.486 e. The summed E-state index contributed by atoms with van der Waals surface area (Å²) in [5.41, 5.74) is 0.0571. The number of benzene rings is 3. The number of amides is 2. The number of hydrogen-bond acceptors (Lipinski definition) is 6. The van der Waals surface area contributed by atoms with E-state index in [0.29, 0.717) is 22.9 Å². The summed E-state index contributed by atoms with van der Waals surface area (Å²) in [4.78, 5) is 28.3. The van der Waals surface area contributed by atoms with Crippen LogP contribution in [0.25, 0.3) is 0 Å². The van der Waals surface area contributed by atoms with Crippen LogP contribution in [0.4, 0.5) is 10.1 Å². The number of halogens is 2. The first-order valence-corrected chi connectivity index (χ1v) is 15.1. The van der Waals surface area contributed by atoms with E-state index in [0.717, 1.165) is 16.4 Å². The van der Waals surface area contributed by atoms with E-state index in [1.54, 1.807) is 31.2 Å². The van der Waals surface area contributed by atoms with E-state index in [2.05, 4.69) is 5.32 Å². The lowest BCUT2D eigenvalue weighted by Crippen LogP contribution is -2.54. The van der Waals surface area contributed by atoms with Gasteiger partial charge < -0.3 is 19.7 Å². The summed E-state index contributed by atoms with van der Waals surface area (Å²) >= 11 is 6.39. The molecule has 4 rings (SSSR count). The zero-order valence-electron chi connectivity index (χ0n) is 23.8. The number of carbonyl (C=O) groups excluding carboxylic acids is 2. The molecule has 1 aliphatic heterocycles. The maximum Gasteiger partial charge on any atom is 0.264 e. The maximum absolute atomic E-state index is 14.0. The molecule has 1 unspecified atom stereocenters. The number of hydrogen-bond donors (Lipinski definition) is 1. The lowest BCUT2D eigenvalue weighted by atomic mass is 10.1. The fourth-order valence-electron chi connectivity index (χ4n) is 4.31. The molecule has 9 nitrogen and oxygen atoms in total. The molecule has 1 N–H and O–H groups in total. The van der Waals surface area contributed by atoms with Gasteiger partial charge in [0.2, 0.25) is 11.8 Å². The molecule has 0 aliphatic carbocycles. The maximum atomic E-state index is 14.0. The molecule has 0 saturated carbocycles. The third-order valence-corrected chi connectivity index (χ3v) is 8.60. The molecule has 0 radical (unpaired) electrons. The minimum atomic E-state index is -4.38. The van der Waals surface area contributed by atoms with Crippen molar-refractivity contribution in [2.75, 3.05) is 24.1 Å². The van der Waals surface area contributed by atoms with Gasteiger partial charge >= 0.3 is 0 Å². The molecular formula is C30H33ClFN3O6S. The van der Waals surface area contributed by atoms with Crippen molar-refractivity contribution in [3.63, 3.8) is 0 Å². The highest BCUT2D eigenvalue weighted by Crippen LogP contribution is 2.34. The highest BCUT2D eigenvalue weighted by atomic mass is 35.5. The second-order valence-electron chi connectivity index (χ2n) is 10.8. The first-order valence-electron chi connectivity index (χ1n) is 13.3. The van der Waals surface area contributed by atoms with Crippen LogP contribution in [0.3, 0.4) is 0 Å². The van der Waals surface area contributed by atoms with Crippen LogP contribution in [0.2, 0.25) is 5.02 Å². The Morgan fingerprint density at radius 2 is 1.64 bits per heavy atom. The number of rotatable bonds is 9. The SMILES string of the molecule is CC(C(=O)NC(C)(C)C)N(Cc1ccccc1Cl)C(=O)CN(c1ccc(F)cc1)S(=O)(=O)c1ccc2c(c1)OCCO2. The minimum absolute atomic E-state index is 0.0570. The van der Waals surface area contributed by atoms with Gasteiger partial charge in [-0.15, -0.1) is 0 Å². The average molecular weight is 618 g/mol. The fraction of sp³-hybridized carbons (Fsp3) is 0.333. The molecule has 1 aliphatic rings. The number of anilines is 1. The Bertz CT molecular complexity index is 1560. The predicted molar refractivity (Wildman–Crippen MR) is 158 cm³/mol. The van der Waals surface area contributed by atoms with Crippen molar-refractivity contribution >= 4 is 39.1 Å². The molecule has 1 atom stereocenters. The highest BCUT2D eigenvalue weighted by molar-refractivity contribution is 7.92. The molecule has 42 heavy (non-hydrogen) atoms. The minimum Gasteiger partial charge on any atom is -0.486 e. The predicted octanol–water partition coefficient (Wildman–Crippen LogP) is 4.78. The van der Waals surface area contributed by atoms with E-state index >= 15 is 0 Å². The number of nitrogens with one attached hydrogen (secondary N) is 1. The quantitative estimate of drug-likeness (QED) is 0.371. The number of nitrogens with zero attached hydrogens (tertiary/aromatic N) is 2. The summed E-state index contributed by atoms with van der Waals surface area (Å²) in [5, 5.41) is 3.25. The zero-order chi connectivity index (χ0) is 30.7. The van der Waals surface area contributed by atoms with Gasteiger partial charge in [0.1, 0.15) is 31.6 Å². The van der Waals surface area contributed by atoms with Crippen LogP contribution in [-0.2, 0) is 26.2 Å². The van der Waals surface area contributed by atoms with Crippen LogP contribution in [0.15, 0.2) is 71.6 Å². The van der Waals surface area contributed by atoms with Gasteiger partial charge in [-0.05, 0) is 75.7 Å². The Balaban J connectivity index is 1.73. The van der Waals surface area contributed by atoms with Gasteiger partial charge in [-0.1, -0.05) is 29.8 Å². The van der Waals surface area contributed by atoms with Crippen LogP contribution < -0.4 is 19.1 Å². The van der Waals surface area contributed by atoms with Crippen molar-refractivity contribution in [3.8, 4) is 11.5 Å². The number of ether oxygens (including phenoxy) is 2. The van der Waals surface area contributed by atoms with E-state index in [9.17, 15) is 22.4 Å². The second kappa shape index (κ2) is 12.6. The van der Waals surface area contributed by atoms with Crippen molar-refractivity contribution < 1.29 is 31.9 Å². The van der Waals surface area contributed by atoms with Gasteiger partial charge in [-0.2, -0.15) is 0 Å². The molecule has 12 heteroatoms. The zero-order valence-corrected chi connectivity index (χ0v) is 25.3. The molecule has 2 amide bonds. The van der Waals surface area contributed by atoms with Gasteiger partial charge in [0, 0.05) is 23.2 Å². The Morgan fingerprint density at radius 1 is 1.00 bits per heavy atom. The Morgan fingerprint density at radius 3 is 2.29 bits per heavy atom. The standard InChI is InChI=1S/C30H33ClFN3O6S/c1-20(29(37)33-30(2,3)4)34(18-21-7-5-6-8-25(21)31)28(36)19-35(23-11-9-22(32)10-12-23)42(38,39)24-13-14-26-27(17-24)41-16-15-40-26/h5-14,17,20H,15-16,18-19H2,1-4H3,(H,33,37). The number of carbonyl (C=O) groups is 2. The number of fused-ring (bicyclic) bond motifs is 1. The first-order chi connectivity index (χ1) is 19.8. The Hall–Kier alpha value is -3.83. The monoisotopic (exact) mass is 617 g/mol. The van der Waals surface area contributed by atoms with Crippen molar-refractivity contribution in [3.05, 3.63) is 83.1 Å². The van der Waals surface area contributed by atoms with E-state index < -0.39 is 45.8 Å². The fourth-order valence-corrected chi connectivity index (χ4v) is 5.94. The van der Waals surface area contributed by atoms with Crippen molar-refractivity contribution in [1.29, 1.82) is 0 Å². The van der Waals surface area contributed by atoms with Crippen LogP contribution in [-0.4, -0.2) is 56.5 Å². The van der Waals surface area contributed by atoms with E-state index in [1.807, 2.05) is 20.8 Å². The number of sulfonamides is 1. The van der Waals surface area contributed by atoms with Gasteiger partial charge in [0.15, 0.2) is 11.5 Å². The van der Waals surface area contributed by atoms with Crippen molar-refractivity contribution in [1.82, 2.24) is 10.2 Å². The average Bonchev–Trinajstić information content (AvgIpc) is 2.94.